The number of hydrogen-bond acceptors (Lipinski definition) is 2. The van der Waals surface area contributed by atoms with E-state index in [9.17, 15) is 9.18 Å². The lowest BCUT2D eigenvalue weighted by Crippen LogP contribution is -2.26. The van der Waals surface area contributed by atoms with Gasteiger partial charge in [0.15, 0.2) is 0 Å². The first-order chi connectivity index (χ1) is 10.5. The van der Waals surface area contributed by atoms with Crippen LogP contribution in [0.25, 0.3) is 0 Å². The average molecular weight is 429 g/mol. The number of carbonyl (C=O) groups excluding carboxylic acids is 1. The molecule has 0 unspecified atom stereocenters. The second kappa shape index (κ2) is 7.97. The van der Waals surface area contributed by atoms with E-state index in [1.54, 1.807) is 11.8 Å². The lowest BCUT2D eigenvalue weighted by molar-refractivity contribution is 0.0955. The molecule has 0 fully saturated rings. The molecule has 0 aromatic heterocycles. The molecule has 2 aromatic rings. The van der Waals surface area contributed by atoms with Crippen LogP contribution in [-0.2, 0) is 0 Å². The van der Waals surface area contributed by atoms with E-state index in [1.807, 2.05) is 22.6 Å². The van der Waals surface area contributed by atoms with Crippen molar-refractivity contribution < 1.29 is 9.18 Å². The van der Waals surface area contributed by atoms with Crippen molar-refractivity contribution >= 4 is 40.3 Å². The van der Waals surface area contributed by atoms with E-state index < -0.39 is 0 Å². The number of carbonyl (C=O) groups is 1. The molecule has 0 aliphatic heterocycles. The van der Waals surface area contributed by atoms with Crippen molar-refractivity contribution in [3.05, 3.63) is 62.5 Å². The molecule has 5 heteroatoms. The minimum absolute atomic E-state index is 0.162. The van der Waals surface area contributed by atoms with Crippen molar-refractivity contribution in [2.75, 3.05) is 12.3 Å². The first-order valence-corrected chi connectivity index (χ1v) is 8.97. The summed E-state index contributed by atoms with van der Waals surface area (Å²) >= 11 is 3.68. The summed E-state index contributed by atoms with van der Waals surface area (Å²) in [6, 6.07) is 10.5. The topological polar surface area (TPSA) is 29.1 Å². The molecule has 22 heavy (non-hydrogen) atoms. The summed E-state index contributed by atoms with van der Waals surface area (Å²) < 4.78 is 13.6. The Hall–Kier alpha value is -1.08. The minimum atomic E-state index is -0.328. The monoisotopic (exact) mass is 429 g/mol. The highest BCUT2D eigenvalue weighted by molar-refractivity contribution is 14.1. The Kier molecular flexibility index (Phi) is 6.26. The summed E-state index contributed by atoms with van der Waals surface area (Å²) in [5, 5.41) is 2.87. The predicted molar refractivity (Wildman–Crippen MR) is 98.1 cm³/mol. The first-order valence-electron chi connectivity index (χ1n) is 6.90. The zero-order valence-electron chi connectivity index (χ0n) is 12.5. The van der Waals surface area contributed by atoms with Crippen LogP contribution in [0.1, 0.15) is 21.5 Å². The molecular formula is C17H17FINOS. The number of benzene rings is 2. The fraction of sp³-hybridized carbons (Fsp3) is 0.235. The first kappa shape index (κ1) is 17.3. The zero-order chi connectivity index (χ0) is 16.1. The quantitative estimate of drug-likeness (QED) is 0.429. The predicted octanol–water partition coefficient (Wildman–Crippen LogP) is 4.57. The average Bonchev–Trinajstić information content (AvgIpc) is 2.47. The van der Waals surface area contributed by atoms with Gasteiger partial charge in [-0.1, -0.05) is 6.07 Å². The van der Waals surface area contributed by atoms with Crippen molar-refractivity contribution in [3.63, 3.8) is 0 Å². The number of aryl methyl sites for hydroxylation is 2. The summed E-state index contributed by atoms with van der Waals surface area (Å²) in [4.78, 5) is 13.2. The summed E-state index contributed by atoms with van der Waals surface area (Å²) in [6.07, 6.45) is 0. The molecule has 1 N–H and O–H groups in total. The van der Waals surface area contributed by atoms with Crippen LogP contribution in [0.15, 0.2) is 41.3 Å². The van der Waals surface area contributed by atoms with Gasteiger partial charge in [-0.3, -0.25) is 4.79 Å². The van der Waals surface area contributed by atoms with Gasteiger partial charge in [-0.05, 0) is 77.9 Å². The van der Waals surface area contributed by atoms with E-state index in [-0.39, 0.29) is 11.7 Å². The van der Waals surface area contributed by atoms with Gasteiger partial charge in [-0.15, -0.1) is 11.8 Å². The van der Waals surface area contributed by atoms with Gasteiger partial charge in [-0.2, -0.15) is 0 Å². The molecule has 0 aliphatic carbocycles. The van der Waals surface area contributed by atoms with E-state index >= 15 is 0 Å². The van der Waals surface area contributed by atoms with Gasteiger partial charge in [0.25, 0.3) is 5.91 Å². The van der Waals surface area contributed by atoms with Gasteiger partial charge in [0.05, 0.1) is 5.56 Å². The molecule has 2 rings (SSSR count). The van der Waals surface area contributed by atoms with Crippen LogP contribution in [0.5, 0.6) is 0 Å². The molecular weight excluding hydrogens is 412 g/mol. The third-order valence-corrected chi connectivity index (χ3v) is 5.20. The maximum absolute atomic E-state index is 13.0. The maximum atomic E-state index is 13.0. The standard InChI is InChI=1S/C17H17FINOS/c1-11-3-5-14(9-12(11)2)22-8-7-20-17(21)15-6-4-13(18)10-16(15)19/h3-6,9-10H,7-8H2,1-2H3,(H,20,21). The van der Waals surface area contributed by atoms with Crippen LogP contribution in [0.3, 0.4) is 0 Å². The van der Waals surface area contributed by atoms with Crippen molar-refractivity contribution in [1.29, 1.82) is 0 Å². The van der Waals surface area contributed by atoms with Crippen LogP contribution >= 0.6 is 34.4 Å². The summed E-state index contributed by atoms with van der Waals surface area (Å²) in [5.74, 6) is 0.308. The van der Waals surface area contributed by atoms with Crippen molar-refractivity contribution in [2.45, 2.75) is 18.7 Å². The van der Waals surface area contributed by atoms with Gasteiger partial charge in [0.1, 0.15) is 5.82 Å². The molecule has 0 saturated heterocycles. The number of halogens is 2. The highest BCUT2D eigenvalue weighted by atomic mass is 127. The Labute approximate surface area is 148 Å². The second-order valence-corrected chi connectivity index (χ2v) is 7.31. The number of amides is 1. The van der Waals surface area contributed by atoms with Gasteiger partial charge < -0.3 is 5.32 Å². The molecule has 0 radical (unpaired) electrons. The highest BCUT2D eigenvalue weighted by Crippen LogP contribution is 2.20. The third kappa shape index (κ3) is 4.71. The molecule has 2 aromatic carbocycles. The Morgan fingerprint density at radius 2 is 1.95 bits per heavy atom. The number of nitrogens with one attached hydrogen (secondary N) is 1. The van der Waals surface area contributed by atoms with Gasteiger partial charge in [0.2, 0.25) is 0 Å². The lowest BCUT2D eigenvalue weighted by Gasteiger charge is -2.08. The van der Waals surface area contributed by atoms with Gasteiger partial charge >= 0.3 is 0 Å². The van der Waals surface area contributed by atoms with Crippen LogP contribution in [0.4, 0.5) is 4.39 Å². The normalized spacial score (nSPS) is 10.5. The van der Waals surface area contributed by atoms with Crippen LogP contribution in [0.2, 0.25) is 0 Å². The van der Waals surface area contributed by atoms with Crippen LogP contribution in [0, 0.1) is 23.2 Å². The molecule has 0 atom stereocenters. The van der Waals surface area contributed by atoms with E-state index in [2.05, 4.69) is 37.4 Å². The Morgan fingerprint density at radius 3 is 2.64 bits per heavy atom. The van der Waals surface area contributed by atoms with Crippen molar-refractivity contribution in [2.24, 2.45) is 0 Å². The Balaban J connectivity index is 1.83. The van der Waals surface area contributed by atoms with E-state index in [0.717, 1.165) is 5.75 Å². The smallest absolute Gasteiger partial charge is 0.252 e. The molecule has 0 heterocycles. The van der Waals surface area contributed by atoms with Crippen molar-refractivity contribution in [1.82, 2.24) is 5.32 Å². The fourth-order valence-electron chi connectivity index (χ4n) is 1.91. The largest absolute Gasteiger partial charge is 0.351 e. The number of thioether (sulfide) groups is 1. The van der Waals surface area contributed by atoms with E-state index in [4.69, 9.17) is 0 Å². The molecule has 0 saturated carbocycles. The number of rotatable bonds is 5. The molecule has 1 amide bonds. The molecule has 0 spiro atoms. The molecule has 0 aliphatic rings. The third-order valence-electron chi connectivity index (χ3n) is 3.31. The fourth-order valence-corrected chi connectivity index (χ4v) is 3.49. The van der Waals surface area contributed by atoms with Crippen molar-refractivity contribution in [3.8, 4) is 0 Å². The van der Waals surface area contributed by atoms with Crippen LogP contribution in [-0.4, -0.2) is 18.2 Å². The van der Waals surface area contributed by atoms with E-state index in [1.165, 1.54) is 34.2 Å². The molecule has 116 valence electrons. The second-order valence-electron chi connectivity index (χ2n) is 4.97. The lowest BCUT2D eigenvalue weighted by atomic mass is 10.1. The summed E-state index contributed by atoms with van der Waals surface area (Å²) in [5.41, 5.74) is 3.07. The highest BCUT2D eigenvalue weighted by Gasteiger charge is 2.10. The zero-order valence-corrected chi connectivity index (χ0v) is 15.4. The Bertz CT molecular complexity index is 690. The van der Waals surface area contributed by atoms with Gasteiger partial charge in [0, 0.05) is 20.8 Å². The summed E-state index contributed by atoms with van der Waals surface area (Å²) in [7, 11) is 0. The molecule has 0 bridgehead atoms. The van der Waals surface area contributed by atoms with E-state index in [0.29, 0.717) is 15.7 Å². The van der Waals surface area contributed by atoms with Crippen LogP contribution < -0.4 is 5.32 Å². The SMILES string of the molecule is Cc1ccc(SCCNC(=O)c2ccc(F)cc2I)cc1C. The maximum Gasteiger partial charge on any atom is 0.252 e. The summed E-state index contributed by atoms with van der Waals surface area (Å²) in [6.45, 7) is 4.76. The minimum Gasteiger partial charge on any atom is -0.351 e. The number of hydrogen-bond donors (Lipinski definition) is 1. The molecule has 2 nitrogen and oxygen atoms in total. The Morgan fingerprint density at radius 1 is 1.18 bits per heavy atom. The van der Waals surface area contributed by atoms with Gasteiger partial charge in [-0.25, -0.2) is 4.39 Å².